The lowest BCUT2D eigenvalue weighted by molar-refractivity contribution is -0.147. The zero-order chi connectivity index (χ0) is 16.7. The number of carbonyl (C=O) groups excluding carboxylic acids is 1. The normalized spacial score (nSPS) is 17.9. The van der Waals surface area contributed by atoms with Crippen LogP contribution in [-0.2, 0) is 16.0 Å². The summed E-state index contributed by atoms with van der Waals surface area (Å²) in [6.07, 6.45) is 1.55. The first-order valence-electron chi connectivity index (χ1n) is 7.99. The van der Waals surface area contributed by atoms with Crippen molar-refractivity contribution in [3.05, 3.63) is 34.5 Å². The molecular weight excluding hydrogens is 292 g/mol. The number of aliphatic carboxylic acids is 1. The molecule has 0 radical (unpaired) electrons. The molecule has 2 aromatic rings. The summed E-state index contributed by atoms with van der Waals surface area (Å²) in [6.45, 7) is 6.60. The van der Waals surface area contributed by atoms with E-state index in [9.17, 15) is 14.7 Å². The zero-order valence-corrected chi connectivity index (χ0v) is 13.8. The van der Waals surface area contributed by atoms with Gasteiger partial charge in [0.25, 0.3) is 0 Å². The van der Waals surface area contributed by atoms with E-state index in [1.807, 2.05) is 13.8 Å². The molecule has 1 atom stereocenters. The molecule has 0 aliphatic carbocycles. The quantitative estimate of drug-likeness (QED) is 0.915. The summed E-state index contributed by atoms with van der Waals surface area (Å²) in [7, 11) is 0. The van der Waals surface area contributed by atoms with Gasteiger partial charge in [0.15, 0.2) is 0 Å². The van der Waals surface area contributed by atoms with Crippen LogP contribution < -0.4 is 0 Å². The molecule has 0 spiro atoms. The average Bonchev–Trinajstić information content (AvgIpc) is 3.06. The number of aromatic nitrogens is 1. The van der Waals surface area contributed by atoms with Crippen molar-refractivity contribution < 1.29 is 14.7 Å². The molecule has 1 fully saturated rings. The van der Waals surface area contributed by atoms with Crippen molar-refractivity contribution in [2.75, 3.05) is 6.54 Å². The van der Waals surface area contributed by atoms with Crippen LogP contribution in [-0.4, -0.2) is 39.5 Å². The number of aryl methyl sites for hydroxylation is 3. The first kappa shape index (κ1) is 15.6. The van der Waals surface area contributed by atoms with E-state index in [0.29, 0.717) is 13.0 Å². The second-order valence-electron chi connectivity index (χ2n) is 6.49. The molecule has 2 heterocycles. The van der Waals surface area contributed by atoms with Gasteiger partial charge in [0.2, 0.25) is 5.91 Å². The molecule has 1 saturated heterocycles. The van der Waals surface area contributed by atoms with Crippen molar-refractivity contribution in [1.82, 2.24) is 9.88 Å². The fourth-order valence-electron chi connectivity index (χ4n) is 3.64. The van der Waals surface area contributed by atoms with Crippen LogP contribution in [0.15, 0.2) is 12.1 Å². The van der Waals surface area contributed by atoms with Gasteiger partial charge in [0.1, 0.15) is 6.04 Å². The topological polar surface area (TPSA) is 73.4 Å². The minimum atomic E-state index is -0.904. The summed E-state index contributed by atoms with van der Waals surface area (Å²) in [5, 5.41) is 10.3. The van der Waals surface area contributed by atoms with Crippen molar-refractivity contribution in [2.45, 2.75) is 46.1 Å². The number of carboxylic acid groups (broad SMARTS) is 1. The van der Waals surface area contributed by atoms with Crippen LogP contribution in [0.25, 0.3) is 10.9 Å². The molecule has 0 unspecified atom stereocenters. The van der Waals surface area contributed by atoms with Crippen LogP contribution in [0.2, 0.25) is 0 Å². The van der Waals surface area contributed by atoms with E-state index in [-0.39, 0.29) is 12.3 Å². The van der Waals surface area contributed by atoms with Gasteiger partial charge >= 0.3 is 5.97 Å². The Labute approximate surface area is 135 Å². The zero-order valence-electron chi connectivity index (χ0n) is 13.8. The number of rotatable bonds is 3. The van der Waals surface area contributed by atoms with Gasteiger partial charge in [-0.3, -0.25) is 4.79 Å². The third kappa shape index (κ3) is 2.71. The van der Waals surface area contributed by atoms with E-state index in [0.717, 1.165) is 39.7 Å². The maximum atomic E-state index is 12.6. The molecular formula is C18H22N2O3. The predicted molar refractivity (Wildman–Crippen MR) is 88.6 cm³/mol. The summed E-state index contributed by atoms with van der Waals surface area (Å²) in [5.41, 5.74) is 5.34. The number of carboxylic acids is 1. The van der Waals surface area contributed by atoms with Crippen molar-refractivity contribution in [1.29, 1.82) is 0 Å². The van der Waals surface area contributed by atoms with Gasteiger partial charge in [-0.2, -0.15) is 0 Å². The second kappa shape index (κ2) is 5.72. The van der Waals surface area contributed by atoms with E-state index >= 15 is 0 Å². The average molecular weight is 314 g/mol. The molecule has 2 N–H and O–H groups in total. The first-order chi connectivity index (χ1) is 10.9. The van der Waals surface area contributed by atoms with E-state index in [1.54, 1.807) is 0 Å². The third-order valence-corrected chi connectivity index (χ3v) is 4.76. The minimum Gasteiger partial charge on any atom is -0.480 e. The Bertz CT molecular complexity index is 791. The Balaban J connectivity index is 1.94. The number of likely N-dealkylation sites (tertiary alicyclic amines) is 1. The molecule has 23 heavy (non-hydrogen) atoms. The van der Waals surface area contributed by atoms with Crippen LogP contribution in [0.4, 0.5) is 0 Å². The number of H-pyrrole nitrogens is 1. The Kier molecular flexibility index (Phi) is 3.88. The monoisotopic (exact) mass is 314 g/mol. The third-order valence-electron chi connectivity index (χ3n) is 4.76. The molecule has 0 saturated carbocycles. The molecule has 1 aliphatic rings. The first-order valence-corrected chi connectivity index (χ1v) is 7.99. The number of hydrogen-bond donors (Lipinski definition) is 2. The van der Waals surface area contributed by atoms with Crippen molar-refractivity contribution >= 4 is 22.8 Å². The minimum absolute atomic E-state index is 0.0990. The van der Waals surface area contributed by atoms with E-state index in [2.05, 4.69) is 24.0 Å². The number of nitrogens with one attached hydrogen (secondary N) is 1. The highest BCUT2D eigenvalue weighted by Crippen LogP contribution is 2.28. The number of hydrogen-bond acceptors (Lipinski definition) is 2. The molecule has 3 rings (SSSR count). The van der Waals surface area contributed by atoms with Crippen LogP contribution in [0.1, 0.15) is 35.2 Å². The van der Waals surface area contributed by atoms with Gasteiger partial charge in [0, 0.05) is 23.1 Å². The van der Waals surface area contributed by atoms with E-state index in [1.165, 1.54) is 4.90 Å². The molecule has 122 valence electrons. The maximum Gasteiger partial charge on any atom is 0.326 e. The lowest BCUT2D eigenvalue weighted by atomic mass is 10.0. The predicted octanol–water partition coefficient (Wildman–Crippen LogP) is 2.71. The summed E-state index contributed by atoms with van der Waals surface area (Å²) in [6, 6.07) is 3.54. The molecule has 1 aromatic carbocycles. The Morgan fingerprint density at radius 1 is 1.30 bits per heavy atom. The summed E-state index contributed by atoms with van der Waals surface area (Å²) >= 11 is 0. The molecule has 1 aromatic heterocycles. The highest BCUT2D eigenvalue weighted by atomic mass is 16.4. The molecule has 0 bridgehead atoms. The van der Waals surface area contributed by atoms with Crippen molar-refractivity contribution in [2.24, 2.45) is 0 Å². The molecule has 1 amide bonds. The molecule has 1 aliphatic heterocycles. The van der Waals surface area contributed by atoms with E-state index in [4.69, 9.17) is 0 Å². The van der Waals surface area contributed by atoms with Crippen LogP contribution in [0.5, 0.6) is 0 Å². The Hall–Kier alpha value is -2.30. The lowest BCUT2D eigenvalue weighted by Crippen LogP contribution is -2.41. The summed E-state index contributed by atoms with van der Waals surface area (Å²) < 4.78 is 0. The fraction of sp³-hybridized carbons (Fsp3) is 0.444. The number of amides is 1. The smallest absolute Gasteiger partial charge is 0.326 e. The van der Waals surface area contributed by atoms with Crippen LogP contribution in [0.3, 0.4) is 0 Å². The fourth-order valence-corrected chi connectivity index (χ4v) is 3.64. The number of carbonyl (C=O) groups is 2. The maximum absolute atomic E-state index is 12.6. The highest BCUT2D eigenvalue weighted by molar-refractivity contribution is 5.93. The van der Waals surface area contributed by atoms with Gasteiger partial charge in [-0.05, 0) is 50.8 Å². The standard InChI is InChI=1S/C18H22N2O3/c1-10-7-11(2)17-14(8-10)13(12(3)19-17)9-16(21)20-6-4-5-15(20)18(22)23/h7-8,15,19H,4-6,9H2,1-3H3,(H,22,23)/t15-/m0/s1. The van der Waals surface area contributed by atoms with Gasteiger partial charge in [-0.15, -0.1) is 0 Å². The van der Waals surface area contributed by atoms with Crippen molar-refractivity contribution in [3.63, 3.8) is 0 Å². The van der Waals surface area contributed by atoms with Crippen molar-refractivity contribution in [3.8, 4) is 0 Å². The SMILES string of the molecule is Cc1cc(C)c2[nH]c(C)c(CC(=O)N3CCC[C@H]3C(=O)O)c2c1. The number of nitrogens with zero attached hydrogens (tertiary/aromatic N) is 1. The molecule has 5 heteroatoms. The van der Waals surface area contributed by atoms with Crippen LogP contribution >= 0.6 is 0 Å². The lowest BCUT2D eigenvalue weighted by Gasteiger charge is -2.21. The number of aromatic amines is 1. The van der Waals surface area contributed by atoms with Gasteiger partial charge in [0.05, 0.1) is 6.42 Å². The number of fused-ring (bicyclic) bond motifs is 1. The second-order valence-corrected chi connectivity index (χ2v) is 6.49. The van der Waals surface area contributed by atoms with Crippen LogP contribution in [0, 0.1) is 20.8 Å². The highest BCUT2D eigenvalue weighted by Gasteiger charge is 2.34. The Morgan fingerprint density at radius 3 is 2.74 bits per heavy atom. The summed E-state index contributed by atoms with van der Waals surface area (Å²) in [5.74, 6) is -1.00. The van der Waals surface area contributed by atoms with E-state index < -0.39 is 12.0 Å². The van der Waals surface area contributed by atoms with Gasteiger partial charge in [-0.1, -0.05) is 11.6 Å². The Morgan fingerprint density at radius 2 is 2.04 bits per heavy atom. The van der Waals surface area contributed by atoms with Gasteiger partial charge < -0.3 is 15.0 Å². The molecule has 5 nitrogen and oxygen atoms in total. The number of benzene rings is 1. The largest absolute Gasteiger partial charge is 0.480 e. The summed E-state index contributed by atoms with van der Waals surface area (Å²) in [4.78, 5) is 28.8. The van der Waals surface area contributed by atoms with Gasteiger partial charge in [-0.25, -0.2) is 4.79 Å².